The highest BCUT2D eigenvalue weighted by molar-refractivity contribution is 5.92. The fraction of sp³-hybridized carbons (Fsp3) is 0.316. The monoisotopic (exact) mass is 323 g/mol. The smallest absolute Gasteiger partial charge is 0.273 e. The molecule has 24 heavy (non-hydrogen) atoms. The third kappa shape index (κ3) is 4.18. The summed E-state index contributed by atoms with van der Waals surface area (Å²) < 4.78 is 5.29. The number of aromatic nitrogens is 1. The van der Waals surface area contributed by atoms with E-state index in [1.165, 1.54) is 6.20 Å². The highest BCUT2D eigenvalue weighted by Crippen LogP contribution is 2.21. The fourth-order valence-electron chi connectivity index (χ4n) is 2.48. The average molecular weight is 323 g/mol. The van der Waals surface area contributed by atoms with Gasteiger partial charge in [-0.05, 0) is 31.5 Å². The molecule has 0 unspecified atom stereocenters. The summed E-state index contributed by atoms with van der Waals surface area (Å²) in [5.41, 5.74) is 1.27. The van der Waals surface area contributed by atoms with Crippen LogP contribution in [0.2, 0.25) is 0 Å². The SMILES string of the molecule is COCC(C)(C)N(Cc1ccccc1)C(=O)c1ccc(C#N)cn1. The highest BCUT2D eigenvalue weighted by atomic mass is 16.5. The molecule has 0 N–H and O–H groups in total. The summed E-state index contributed by atoms with van der Waals surface area (Å²) in [6, 6.07) is 15.0. The van der Waals surface area contributed by atoms with Crippen LogP contribution < -0.4 is 0 Å². The van der Waals surface area contributed by atoms with Gasteiger partial charge in [0.05, 0.1) is 17.7 Å². The summed E-state index contributed by atoms with van der Waals surface area (Å²) >= 11 is 0. The summed E-state index contributed by atoms with van der Waals surface area (Å²) in [4.78, 5) is 18.9. The number of hydrogen-bond acceptors (Lipinski definition) is 4. The first kappa shape index (κ1) is 17.6. The van der Waals surface area contributed by atoms with Crippen molar-refractivity contribution in [3.8, 4) is 6.07 Å². The summed E-state index contributed by atoms with van der Waals surface area (Å²) in [5, 5.41) is 8.87. The molecule has 1 aromatic carbocycles. The van der Waals surface area contributed by atoms with Gasteiger partial charge in [-0.25, -0.2) is 4.98 Å². The standard InChI is InChI=1S/C19H21N3O2/c1-19(2,14-24-3)22(13-15-7-5-4-6-8-15)18(23)17-10-9-16(11-20)12-21-17/h4-10,12H,13-14H2,1-3H3. The van der Waals surface area contributed by atoms with Crippen LogP contribution in [-0.2, 0) is 11.3 Å². The van der Waals surface area contributed by atoms with Gasteiger partial charge in [0, 0.05) is 19.9 Å². The van der Waals surface area contributed by atoms with Crippen molar-refractivity contribution in [2.45, 2.75) is 25.9 Å². The third-order valence-corrected chi connectivity index (χ3v) is 3.77. The normalized spacial score (nSPS) is 10.9. The Morgan fingerprint density at radius 1 is 1.25 bits per heavy atom. The molecule has 0 spiro atoms. The molecule has 0 aliphatic heterocycles. The van der Waals surface area contributed by atoms with Gasteiger partial charge in [0.15, 0.2) is 0 Å². The maximum absolute atomic E-state index is 13.0. The largest absolute Gasteiger partial charge is 0.382 e. The zero-order chi connectivity index (χ0) is 17.6. The second-order valence-electron chi connectivity index (χ2n) is 6.17. The average Bonchev–Trinajstić information content (AvgIpc) is 2.60. The van der Waals surface area contributed by atoms with E-state index in [1.807, 2.05) is 50.2 Å². The summed E-state index contributed by atoms with van der Waals surface area (Å²) in [7, 11) is 1.62. The second-order valence-corrected chi connectivity index (χ2v) is 6.17. The molecule has 0 saturated heterocycles. The van der Waals surface area contributed by atoms with Gasteiger partial charge in [-0.2, -0.15) is 5.26 Å². The lowest BCUT2D eigenvalue weighted by Gasteiger charge is -2.38. The predicted octanol–water partition coefficient (Wildman–Crippen LogP) is 3.02. The van der Waals surface area contributed by atoms with Crippen LogP contribution in [0.25, 0.3) is 0 Å². The van der Waals surface area contributed by atoms with Crippen LogP contribution in [0.3, 0.4) is 0 Å². The van der Waals surface area contributed by atoms with Crippen LogP contribution in [0.15, 0.2) is 48.7 Å². The number of nitriles is 1. The van der Waals surface area contributed by atoms with Gasteiger partial charge in [-0.1, -0.05) is 30.3 Å². The van der Waals surface area contributed by atoms with Crippen molar-refractivity contribution in [2.24, 2.45) is 0 Å². The second kappa shape index (κ2) is 7.71. The van der Waals surface area contributed by atoms with Crippen molar-refractivity contribution in [3.63, 3.8) is 0 Å². The molecule has 1 amide bonds. The van der Waals surface area contributed by atoms with Crippen LogP contribution in [0.5, 0.6) is 0 Å². The number of hydrogen-bond donors (Lipinski definition) is 0. The van der Waals surface area contributed by atoms with Crippen molar-refractivity contribution in [2.75, 3.05) is 13.7 Å². The quantitative estimate of drug-likeness (QED) is 0.819. The number of amides is 1. The lowest BCUT2D eigenvalue weighted by molar-refractivity contribution is 0.0226. The van der Waals surface area contributed by atoms with Gasteiger partial charge >= 0.3 is 0 Å². The number of carbonyl (C=O) groups excluding carboxylic acids is 1. The lowest BCUT2D eigenvalue weighted by Crippen LogP contribution is -2.50. The molecule has 124 valence electrons. The van der Waals surface area contributed by atoms with E-state index >= 15 is 0 Å². The zero-order valence-corrected chi connectivity index (χ0v) is 14.2. The molecule has 0 saturated carbocycles. The van der Waals surface area contributed by atoms with E-state index in [9.17, 15) is 4.79 Å². The summed E-state index contributed by atoms with van der Waals surface area (Å²) in [6.07, 6.45) is 1.41. The molecular formula is C19H21N3O2. The number of ether oxygens (including phenoxy) is 1. The van der Waals surface area contributed by atoms with Gasteiger partial charge in [0.25, 0.3) is 5.91 Å². The van der Waals surface area contributed by atoms with Crippen LogP contribution in [-0.4, -0.2) is 35.0 Å². The Morgan fingerprint density at radius 3 is 2.50 bits per heavy atom. The molecule has 2 aromatic rings. The number of rotatable bonds is 6. The first-order valence-corrected chi connectivity index (χ1v) is 7.69. The molecule has 0 bridgehead atoms. The molecule has 0 aliphatic carbocycles. The van der Waals surface area contributed by atoms with Crippen molar-refractivity contribution in [3.05, 3.63) is 65.5 Å². The first-order chi connectivity index (χ1) is 11.5. The van der Waals surface area contributed by atoms with Crippen molar-refractivity contribution < 1.29 is 9.53 Å². The summed E-state index contributed by atoms with van der Waals surface area (Å²) in [5.74, 6) is -0.189. The van der Waals surface area contributed by atoms with E-state index in [4.69, 9.17) is 10.00 Å². The number of nitrogens with zero attached hydrogens (tertiary/aromatic N) is 3. The zero-order valence-electron chi connectivity index (χ0n) is 14.2. The van der Waals surface area contributed by atoms with E-state index < -0.39 is 5.54 Å². The van der Waals surface area contributed by atoms with Crippen molar-refractivity contribution in [1.29, 1.82) is 5.26 Å². The first-order valence-electron chi connectivity index (χ1n) is 7.69. The predicted molar refractivity (Wildman–Crippen MR) is 91.2 cm³/mol. The van der Waals surface area contributed by atoms with Crippen LogP contribution >= 0.6 is 0 Å². The maximum Gasteiger partial charge on any atom is 0.273 e. The van der Waals surface area contributed by atoms with Gasteiger partial charge in [0.1, 0.15) is 11.8 Å². The number of pyridine rings is 1. The molecule has 0 atom stereocenters. The minimum atomic E-state index is -0.503. The Hall–Kier alpha value is -2.71. The molecule has 2 rings (SSSR count). The Balaban J connectivity index is 2.33. The van der Waals surface area contributed by atoms with Gasteiger partial charge in [0.2, 0.25) is 0 Å². The Kier molecular flexibility index (Phi) is 5.67. The van der Waals surface area contributed by atoms with Crippen LogP contribution in [0, 0.1) is 11.3 Å². The molecule has 1 heterocycles. The topological polar surface area (TPSA) is 66.2 Å². The van der Waals surface area contributed by atoms with Gasteiger partial charge < -0.3 is 9.64 Å². The molecule has 0 aliphatic rings. The third-order valence-electron chi connectivity index (χ3n) is 3.77. The van der Waals surface area contributed by atoms with Gasteiger partial charge in [-0.3, -0.25) is 4.79 Å². The van der Waals surface area contributed by atoms with E-state index in [0.29, 0.717) is 24.4 Å². The Bertz CT molecular complexity index is 719. The van der Waals surface area contributed by atoms with Gasteiger partial charge in [-0.15, -0.1) is 0 Å². The Morgan fingerprint density at radius 2 is 1.96 bits per heavy atom. The van der Waals surface area contributed by atoms with E-state index in [0.717, 1.165) is 5.56 Å². The highest BCUT2D eigenvalue weighted by Gasteiger charge is 2.32. The lowest BCUT2D eigenvalue weighted by atomic mass is 10.0. The number of methoxy groups -OCH3 is 1. The molecular weight excluding hydrogens is 302 g/mol. The number of carbonyl (C=O) groups is 1. The molecule has 0 fully saturated rings. The molecule has 1 aromatic heterocycles. The maximum atomic E-state index is 13.0. The van der Waals surface area contributed by atoms with E-state index in [2.05, 4.69) is 4.98 Å². The molecule has 5 heteroatoms. The van der Waals surface area contributed by atoms with Crippen LogP contribution in [0.4, 0.5) is 0 Å². The van der Waals surface area contributed by atoms with E-state index in [-0.39, 0.29) is 5.91 Å². The molecule has 0 radical (unpaired) electrons. The van der Waals surface area contributed by atoms with Crippen LogP contribution in [0.1, 0.15) is 35.5 Å². The minimum Gasteiger partial charge on any atom is -0.382 e. The Labute approximate surface area is 142 Å². The van der Waals surface area contributed by atoms with Crippen molar-refractivity contribution >= 4 is 5.91 Å². The number of benzene rings is 1. The summed E-state index contributed by atoms with van der Waals surface area (Å²) in [6.45, 7) is 4.78. The fourth-order valence-corrected chi connectivity index (χ4v) is 2.48. The molecule has 5 nitrogen and oxygen atoms in total. The van der Waals surface area contributed by atoms with E-state index in [1.54, 1.807) is 24.1 Å². The van der Waals surface area contributed by atoms with Crippen molar-refractivity contribution in [1.82, 2.24) is 9.88 Å². The minimum absolute atomic E-state index is 0.189.